The highest BCUT2D eigenvalue weighted by atomic mass is 32.3. The third kappa shape index (κ3) is 3.34. The van der Waals surface area contributed by atoms with Gasteiger partial charge in [-0.05, 0) is 24.3 Å². The number of benzene rings is 2. The number of phenolic OH excluding ortho intramolecular Hbond substituents is 1. The summed E-state index contributed by atoms with van der Waals surface area (Å²) in [6.45, 7) is 0. The van der Waals surface area contributed by atoms with Gasteiger partial charge in [-0.2, -0.15) is 8.42 Å². The van der Waals surface area contributed by atoms with E-state index in [-0.39, 0.29) is 11.3 Å². The number of para-hydroxylation sites is 1. The Hall–Kier alpha value is -2.48. The zero-order valence-electron chi connectivity index (χ0n) is 10.4. The van der Waals surface area contributed by atoms with Crippen molar-refractivity contribution >= 4 is 21.8 Å². The summed E-state index contributed by atoms with van der Waals surface area (Å²) in [5, 5.41) is 11.6. The lowest BCUT2D eigenvalue weighted by Crippen LogP contribution is -2.14. The van der Waals surface area contributed by atoms with Crippen LogP contribution in [0.2, 0.25) is 0 Å². The number of hydrogen-bond acceptors (Lipinski definition) is 4. The second-order valence-corrected chi connectivity index (χ2v) is 5.37. The van der Waals surface area contributed by atoms with E-state index >= 15 is 0 Å². The van der Waals surface area contributed by atoms with Crippen molar-refractivity contribution in [3.63, 3.8) is 0 Å². The standard InChI is InChI=1S/C13H9F2NO4S/c14-8-5-6-9(11(17)7-8)13(18)16-10-3-1-2-4-12(10)21(15,19)20/h1-7,17H,(H,16,18). The number of carbonyl (C=O) groups excluding carboxylic acids is 1. The second kappa shape index (κ2) is 5.49. The molecule has 0 saturated heterocycles. The Morgan fingerprint density at radius 2 is 1.81 bits per heavy atom. The second-order valence-electron chi connectivity index (χ2n) is 4.05. The number of amides is 1. The van der Waals surface area contributed by atoms with Gasteiger partial charge in [-0.15, -0.1) is 3.89 Å². The van der Waals surface area contributed by atoms with Gasteiger partial charge in [0.2, 0.25) is 0 Å². The molecule has 5 nitrogen and oxygen atoms in total. The third-order valence-corrected chi connectivity index (χ3v) is 3.48. The number of hydrogen-bond donors (Lipinski definition) is 2. The molecule has 2 aromatic rings. The summed E-state index contributed by atoms with van der Waals surface area (Å²) in [6.07, 6.45) is 0. The van der Waals surface area contributed by atoms with Gasteiger partial charge in [0, 0.05) is 6.07 Å². The van der Waals surface area contributed by atoms with E-state index in [0.29, 0.717) is 0 Å². The highest BCUT2D eigenvalue weighted by molar-refractivity contribution is 7.86. The molecule has 0 aliphatic carbocycles. The van der Waals surface area contributed by atoms with E-state index in [2.05, 4.69) is 5.32 Å². The van der Waals surface area contributed by atoms with Crippen LogP contribution in [0, 0.1) is 5.82 Å². The molecule has 0 aliphatic heterocycles. The molecule has 2 rings (SSSR count). The van der Waals surface area contributed by atoms with Gasteiger partial charge in [-0.25, -0.2) is 4.39 Å². The number of anilines is 1. The van der Waals surface area contributed by atoms with Crippen LogP contribution in [-0.4, -0.2) is 19.4 Å². The molecule has 0 radical (unpaired) electrons. The molecule has 21 heavy (non-hydrogen) atoms. The van der Waals surface area contributed by atoms with Gasteiger partial charge in [0.25, 0.3) is 5.91 Å². The summed E-state index contributed by atoms with van der Waals surface area (Å²) in [6, 6.07) is 7.55. The van der Waals surface area contributed by atoms with Crippen LogP contribution in [0.5, 0.6) is 5.75 Å². The van der Waals surface area contributed by atoms with Gasteiger partial charge in [0.15, 0.2) is 0 Å². The van der Waals surface area contributed by atoms with Crippen molar-refractivity contribution in [1.29, 1.82) is 0 Å². The Morgan fingerprint density at radius 1 is 1.14 bits per heavy atom. The number of aromatic hydroxyl groups is 1. The molecule has 0 atom stereocenters. The van der Waals surface area contributed by atoms with E-state index in [0.717, 1.165) is 24.3 Å². The van der Waals surface area contributed by atoms with Crippen LogP contribution in [0.3, 0.4) is 0 Å². The molecule has 0 heterocycles. The molecule has 0 aliphatic rings. The molecule has 2 aromatic carbocycles. The summed E-state index contributed by atoms with van der Waals surface area (Å²) in [5.74, 6) is -2.26. The van der Waals surface area contributed by atoms with E-state index in [9.17, 15) is 26.6 Å². The van der Waals surface area contributed by atoms with Crippen molar-refractivity contribution < 1.29 is 26.6 Å². The predicted octanol–water partition coefficient (Wildman–Crippen LogP) is 2.44. The predicted molar refractivity (Wildman–Crippen MR) is 70.8 cm³/mol. The monoisotopic (exact) mass is 313 g/mol. The molecule has 0 unspecified atom stereocenters. The van der Waals surface area contributed by atoms with Crippen molar-refractivity contribution in [2.45, 2.75) is 4.90 Å². The van der Waals surface area contributed by atoms with Gasteiger partial charge in [-0.3, -0.25) is 4.79 Å². The summed E-state index contributed by atoms with van der Waals surface area (Å²) in [7, 11) is -5.02. The first-order chi connectivity index (χ1) is 9.79. The van der Waals surface area contributed by atoms with Gasteiger partial charge in [-0.1, -0.05) is 12.1 Å². The molecule has 8 heteroatoms. The van der Waals surface area contributed by atoms with Crippen molar-refractivity contribution in [1.82, 2.24) is 0 Å². The lowest BCUT2D eigenvalue weighted by atomic mass is 10.2. The molecule has 110 valence electrons. The number of rotatable bonds is 3. The SMILES string of the molecule is O=C(Nc1ccccc1S(=O)(=O)F)c1ccc(F)cc1O. The summed E-state index contributed by atoms with van der Waals surface area (Å²) in [4.78, 5) is 11.2. The third-order valence-electron chi connectivity index (χ3n) is 2.60. The quantitative estimate of drug-likeness (QED) is 0.853. The van der Waals surface area contributed by atoms with Crippen LogP contribution in [-0.2, 0) is 10.2 Å². The minimum atomic E-state index is -5.02. The Bertz CT molecular complexity index is 806. The molecule has 0 fully saturated rings. The molecular formula is C13H9F2NO4S. The maximum absolute atomic E-state index is 13.1. The fourth-order valence-corrected chi connectivity index (χ4v) is 2.29. The fourth-order valence-electron chi connectivity index (χ4n) is 1.67. The minimum Gasteiger partial charge on any atom is -0.507 e. The van der Waals surface area contributed by atoms with E-state index in [4.69, 9.17) is 0 Å². The lowest BCUT2D eigenvalue weighted by Gasteiger charge is -2.09. The molecule has 0 saturated carbocycles. The number of phenols is 1. The van der Waals surface area contributed by atoms with Crippen LogP contribution >= 0.6 is 0 Å². The molecule has 2 N–H and O–H groups in total. The largest absolute Gasteiger partial charge is 0.507 e. The Kier molecular flexibility index (Phi) is 3.90. The zero-order valence-corrected chi connectivity index (χ0v) is 11.2. The normalized spacial score (nSPS) is 11.1. The lowest BCUT2D eigenvalue weighted by molar-refractivity contribution is 0.102. The maximum atomic E-state index is 13.1. The first kappa shape index (κ1) is 14.9. The van der Waals surface area contributed by atoms with E-state index in [1.54, 1.807) is 0 Å². The van der Waals surface area contributed by atoms with Gasteiger partial charge >= 0.3 is 10.2 Å². The first-order valence-electron chi connectivity index (χ1n) is 5.62. The Labute approximate surface area is 119 Å². The number of carbonyl (C=O) groups is 1. The van der Waals surface area contributed by atoms with Gasteiger partial charge in [0.05, 0.1) is 11.3 Å². The van der Waals surface area contributed by atoms with Crippen molar-refractivity contribution in [3.05, 3.63) is 53.8 Å². The van der Waals surface area contributed by atoms with Crippen molar-refractivity contribution in [3.8, 4) is 5.75 Å². The van der Waals surface area contributed by atoms with E-state index in [1.165, 1.54) is 18.2 Å². The molecule has 0 bridgehead atoms. The number of nitrogens with one attached hydrogen (secondary N) is 1. The number of halogens is 2. The van der Waals surface area contributed by atoms with Crippen LogP contribution in [0.4, 0.5) is 14.0 Å². The highest BCUT2D eigenvalue weighted by Gasteiger charge is 2.19. The van der Waals surface area contributed by atoms with Crippen molar-refractivity contribution in [2.24, 2.45) is 0 Å². The van der Waals surface area contributed by atoms with Crippen molar-refractivity contribution in [2.75, 3.05) is 5.32 Å². The Balaban J connectivity index is 2.37. The summed E-state index contributed by atoms with van der Waals surface area (Å²) < 4.78 is 47.9. The maximum Gasteiger partial charge on any atom is 0.334 e. The van der Waals surface area contributed by atoms with Crippen LogP contribution in [0.1, 0.15) is 10.4 Å². The summed E-state index contributed by atoms with van der Waals surface area (Å²) in [5.41, 5.74) is -0.559. The van der Waals surface area contributed by atoms with E-state index < -0.39 is 32.6 Å². The molecule has 1 amide bonds. The average Bonchev–Trinajstić information content (AvgIpc) is 2.37. The summed E-state index contributed by atoms with van der Waals surface area (Å²) >= 11 is 0. The van der Waals surface area contributed by atoms with E-state index in [1.807, 2.05) is 0 Å². The molecule has 0 spiro atoms. The van der Waals surface area contributed by atoms with Crippen LogP contribution < -0.4 is 5.32 Å². The molecular weight excluding hydrogens is 304 g/mol. The van der Waals surface area contributed by atoms with Gasteiger partial charge in [0.1, 0.15) is 16.5 Å². The average molecular weight is 313 g/mol. The smallest absolute Gasteiger partial charge is 0.334 e. The van der Waals surface area contributed by atoms with Crippen LogP contribution in [0.15, 0.2) is 47.4 Å². The van der Waals surface area contributed by atoms with Gasteiger partial charge < -0.3 is 10.4 Å². The highest BCUT2D eigenvalue weighted by Crippen LogP contribution is 2.25. The fraction of sp³-hybridized carbons (Fsp3) is 0. The minimum absolute atomic E-state index is 0.276. The topological polar surface area (TPSA) is 83.5 Å². The molecule has 0 aromatic heterocycles. The van der Waals surface area contributed by atoms with Crippen LogP contribution in [0.25, 0.3) is 0 Å². The first-order valence-corrected chi connectivity index (χ1v) is 7.01. The Morgan fingerprint density at radius 3 is 2.43 bits per heavy atom. The zero-order chi connectivity index (χ0) is 15.6.